The molecule has 2 fully saturated rings. The van der Waals surface area contributed by atoms with Crippen molar-refractivity contribution in [2.45, 2.75) is 158 Å². The van der Waals surface area contributed by atoms with Crippen LogP contribution < -0.4 is 17.0 Å². The number of carbonyl (C=O) groups excluding carboxylic acids is 3. The van der Waals surface area contributed by atoms with Gasteiger partial charge < -0.3 is 29.4 Å². The van der Waals surface area contributed by atoms with E-state index in [9.17, 15) is 14.4 Å². The van der Waals surface area contributed by atoms with Crippen LogP contribution in [-0.4, -0.2) is 103 Å². The lowest BCUT2D eigenvalue weighted by Crippen LogP contribution is -2.40. The second-order valence-electron chi connectivity index (χ2n) is 15.1. The summed E-state index contributed by atoms with van der Waals surface area (Å²) in [6.07, 6.45) is 6.87. The van der Waals surface area contributed by atoms with Crippen LogP contribution in [0.4, 0.5) is 4.79 Å². The highest BCUT2D eigenvalue weighted by molar-refractivity contribution is 5.82. The molecule has 2 heterocycles. The molecular formula is C35H70N6O8. The summed E-state index contributed by atoms with van der Waals surface area (Å²) in [4.78, 5) is 37.6. The Morgan fingerprint density at radius 3 is 1.55 bits per heavy atom. The SMILES string of the molecule is CC(C)(C)OC(=O)CN.CC(C)=NCC(=O)OC(C)(C)C.CC(C)=NN(CC1CCCCO1)C(=O)OC(C)(C)C.NNCC1CCCCO1. The van der Waals surface area contributed by atoms with Crippen molar-refractivity contribution in [2.75, 3.05) is 39.4 Å². The Bertz CT molecular complexity index is 977. The monoisotopic (exact) mass is 703 g/mol. The van der Waals surface area contributed by atoms with Gasteiger partial charge in [0.1, 0.15) is 23.3 Å². The second kappa shape index (κ2) is 25.3. The summed E-state index contributed by atoms with van der Waals surface area (Å²) < 4.78 is 26.3. The molecule has 14 heteroatoms. The van der Waals surface area contributed by atoms with Gasteiger partial charge in [-0.25, -0.2) is 4.79 Å². The van der Waals surface area contributed by atoms with Crippen molar-refractivity contribution in [1.29, 1.82) is 0 Å². The molecule has 0 spiro atoms. The largest absolute Gasteiger partial charge is 0.459 e. The van der Waals surface area contributed by atoms with Crippen LogP contribution in [0.5, 0.6) is 0 Å². The third-order valence-electron chi connectivity index (χ3n) is 5.73. The van der Waals surface area contributed by atoms with Gasteiger partial charge in [0.05, 0.1) is 25.3 Å². The number of amides is 1. The maximum atomic E-state index is 12.1. The molecule has 14 nitrogen and oxygen atoms in total. The molecule has 288 valence electrons. The van der Waals surface area contributed by atoms with Crippen molar-refractivity contribution in [3.05, 3.63) is 0 Å². The number of rotatable bonds is 8. The van der Waals surface area contributed by atoms with Gasteiger partial charge in [0.25, 0.3) is 0 Å². The number of hydrogen-bond acceptors (Lipinski definition) is 13. The summed E-state index contributed by atoms with van der Waals surface area (Å²) in [5.41, 5.74) is 8.00. The molecule has 0 aromatic rings. The number of aliphatic imine (C=N–C) groups is 1. The fraction of sp³-hybridized carbons (Fsp3) is 0.857. The van der Waals surface area contributed by atoms with Crippen molar-refractivity contribution in [1.82, 2.24) is 10.4 Å². The van der Waals surface area contributed by atoms with E-state index in [4.69, 9.17) is 35.3 Å². The average Bonchev–Trinajstić information content (AvgIpc) is 2.95. The van der Waals surface area contributed by atoms with E-state index in [1.807, 2.05) is 69.2 Å². The molecule has 5 N–H and O–H groups in total. The summed E-state index contributed by atoms with van der Waals surface area (Å²) in [6.45, 7) is 26.9. The number of nitrogens with two attached hydrogens (primary N) is 2. The number of nitrogens with zero attached hydrogens (tertiary/aromatic N) is 3. The molecule has 0 radical (unpaired) electrons. The van der Waals surface area contributed by atoms with Crippen LogP contribution in [0.25, 0.3) is 0 Å². The number of esters is 2. The zero-order valence-electron chi connectivity index (χ0n) is 32.9. The zero-order chi connectivity index (χ0) is 38.3. The lowest BCUT2D eigenvalue weighted by Gasteiger charge is -2.29. The molecule has 0 aliphatic carbocycles. The number of hydrazone groups is 1. The van der Waals surface area contributed by atoms with Crippen molar-refractivity contribution in [2.24, 2.45) is 21.7 Å². The highest BCUT2D eigenvalue weighted by Crippen LogP contribution is 2.17. The van der Waals surface area contributed by atoms with E-state index in [1.54, 1.807) is 20.8 Å². The Labute approximate surface area is 296 Å². The van der Waals surface area contributed by atoms with Crippen molar-refractivity contribution in [3.63, 3.8) is 0 Å². The van der Waals surface area contributed by atoms with Gasteiger partial charge in [-0.1, -0.05) is 0 Å². The lowest BCUT2D eigenvalue weighted by molar-refractivity contribution is -0.154. The van der Waals surface area contributed by atoms with Crippen LogP contribution in [0.1, 0.15) is 129 Å². The van der Waals surface area contributed by atoms with Gasteiger partial charge >= 0.3 is 18.0 Å². The number of ether oxygens (including phenoxy) is 5. The summed E-state index contributed by atoms with van der Waals surface area (Å²) in [5.74, 6) is 4.50. The van der Waals surface area contributed by atoms with Gasteiger partial charge in [0, 0.05) is 31.2 Å². The van der Waals surface area contributed by atoms with Crippen LogP contribution in [0.2, 0.25) is 0 Å². The van der Waals surface area contributed by atoms with E-state index in [2.05, 4.69) is 15.5 Å². The number of carbonyl (C=O) groups is 3. The minimum absolute atomic E-state index is 0.0444. The highest BCUT2D eigenvalue weighted by Gasteiger charge is 2.26. The Kier molecular flexibility index (Phi) is 25.0. The summed E-state index contributed by atoms with van der Waals surface area (Å²) in [7, 11) is 0. The molecule has 2 unspecified atom stereocenters. The Morgan fingerprint density at radius 2 is 1.20 bits per heavy atom. The topological polar surface area (TPSA) is 189 Å². The van der Waals surface area contributed by atoms with Crippen LogP contribution >= 0.6 is 0 Å². The van der Waals surface area contributed by atoms with Gasteiger partial charge in [0.15, 0.2) is 0 Å². The van der Waals surface area contributed by atoms with Gasteiger partial charge in [0.2, 0.25) is 0 Å². The summed E-state index contributed by atoms with van der Waals surface area (Å²) in [5, 5.41) is 5.64. The fourth-order valence-electron chi connectivity index (χ4n) is 3.94. The van der Waals surface area contributed by atoms with Crippen molar-refractivity contribution >= 4 is 29.5 Å². The first kappa shape index (κ1) is 48.5. The van der Waals surface area contributed by atoms with Crippen LogP contribution in [0, 0.1) is 0 Å². The third kappa shape index (κ3) is 33.6. The van der Waals surface area contributed by atoms with Gasteiger partial charge in [-0.2, -0.15) is 10.1 Å². The first-order chi connectivity index (χ1) is 22.5. The third-order valence-corrected chi connectivity index (χ3v) is 5.73. The maximum Gasteiger partial charge on any atom is 0.430 e. The predicted molar refractivity (Wildman–Crippen MR) is 195 cm³/mol. The molecule has 49 heavy (non-hydrogen) atoms. The Balaban J connectivity index is 0. The van der Waals surface area contributed by atoms with Gasteiger partial charge in [-0.05, 0) is 129 Å². The second-order valence-corrected chi connectivity index (χ2v) is 15.1. The molecule has 2 atom stereocenters. The number of hydrazine groups is 1. The molecule has 1 amide bonds. The first-order valence-electron chi connectivity index (χ1n) is 17.3. The van der Waals surface area contributed by atoms with E-state index in [0.717, 1.165) is 56.9 Å². The lowest BCUT2D eigenvalue weighted by atomic mass is 10.1. The standard InChI is InChI=1S/C14H26N2O3.C9H17NO2.C6H14N2O.C6H13NO2/c1-11(2)15-16(13(17)19-14(3,4)5)10-12-8-6-7-9-18-12;1-7(2)10-6-8(11)12-9(3,4)5;7-8-5-6-3-1-2-4-9-6;1-6(2,3)9-5(8)4-7/h12H,6-10H2,1-5H3;6H2,1-5H3;6,8H,1-5,7H2;4,7H2,1-3H3. The molecular weight excluding hydrogens is 632 g/mol. The molecule has 2 saturated heterocycles. The Morgan fingerprint density at radius 1 is 0.735 bits per heavy atom. The fourth-order valence-corrected chi connectivity index (χ4v) is 3.94. The quantitative estimate of drug-likeness (QED) is 0.0978. The van der Waals surface area contributed by atoms with E-state index in [1.165, 1.54) is 17.9 Å². The van der Waals surface area contributed by atoms with E-state index < -0.39 is 22.9 Å². The van der Waals surface area contributed by atoms with Crippen LogP contribution in [-0.2, 0) is 33.3 Å². The van der Waals surface area contributed by atoms with Crippen LogP contribution in [0.3, 0.4) is 0 Å². The average molecular weight is 703 g/mol. The van der Waals surface area contributed by atoms with Crippen LogP contribution in [0.15, 0.2) is 10.1 Å². The predicted octanol–water partition coefficient (Wildman–Crippen LogP) is 5.30. The minimum atomic E-state index is -0.514. The van der Waals surface area contributed by atoms with E-state index >= 15 is 0 Å². The number of nitrogens with one attached hydrogen (secondary N) is 1. The van der Waals surface area contributed by atoms with Gasteiger partial charge in [-0.3, -0.25) is 25.8 Å². The summed E-state index contributed by atoms with van der Waals surface area (Å²) in [6, 6.07) is 0. The van der Waals surface area contributed by atoms with Crippen molar-refractivity contribution < 1.29 is 38.1 Å². The Hall–Kier alpha value is -2.65. The van der Waals surface area contributed by atoms with Gasteiger partial charge in [-0.15, -0.1) is 0 Å². The molecule has 0 aromatic heterocycles. The zero-order valence-corrected chi connectivity index (χ0v) is 32.9. The maximum absolute atomic E-state index is 12.1. The van der Waals surface area contributed by atoms with Crippen molar-refractivity contribution in [3.8, 4) is 0 Å². The molecule has 2 aliphatic rings. The van der Waals surface area contributed by atoms with E-state index in [0.29, 0.717) is 12.6 Å². The molecule has 2 rings (SSSR count). The number of hydrogen-bond donors (Lipinski definition) is 3. The molecule has 0 bridgehead atoms. The molecule has 2 aliphatic heterocycles. The van der Waals surface area contributed by atoms with E-state index in [-0.39, 0.29) is 31.1 Å². The smallest absolute Gasteiger partial charge is 0.430 e. The highest BCUT2D eigenvalue weighted by atomic mass is 16.6. The summed E-state index contributed by atoms with van der Waals surface area (Å²) >= 11 is 0. The normalized spacial score (nSPS) is 17.5. The minimum Gasteiger partial charge on any atom is -0.459 e. The molecule has 0 saturated carbocycles. The first-order valence-corrected chi connectivity index (χ1v) is 17.3. The molecule has 0 aromatic carbocycles.